The summed E-state index contributed by atoms with van der Waals surface area (Å²) in [6.07, 6.45) is 0. The fraction of sp³-hybridized carbons (Fsp3) is 0.0833. The quantitative estimate of drug-likeness (QED) is 0.554. The Morgan fingerprint density at radius 2 is 2.13 bits per heavy atom. The number of ether oxygens (including phenoxy) is 1. The largest absolute Gasteiger partial charge is 0.496 e. The van der Waals surface area contributed by atoms with E-state index in [1.165, 1.54) is 7.11 Å². The second-order valence-electron chi connectivity index (χ2n) is 3.11. The van der Waals surface area contributed by atoms with E-state index in [9.17, 15) is 4.79 Å². The number of benzene rings is 1. The van der Waals surface area contributed by atoms with Crippen LogP contribution in [0.15, 0.2) is 46.1 Å². The van der Waals surface area contributed by atoms with E-state index in [0.717, 1.165) is 5.39 Å². The molecule has 1 aromatic heterocycles. The van der Waals surface area contributed by atoms with E-state index in [1.807, 2.05) is 18.2 Å². The summed E-state index contributed by atoms with van der Waals surface area (Å²) < 4.78 is 10.0. The van der Waals surface area contributed by atoms with Crippen LogP contribution in [0.4, 0.5) is 0 Å². The Bertz CT molecular complexity index is 566. The lowest BCUT2D eigenvalue weighted by molar-refractivity contribution is 0.368. The molecule has 1 aromatic carbocycles. The lowest BCUT2D eigenvalue weighted by atomic mass is 10.2. The molecule has 3 heteroatoms. The van der Waals surface area contributed by atoms with Gasteiger partial charge < -0.3 is 9.15 Å². The van der Waals surface area contributed by atoms with Crippen molar-refractivity contribution in [2.24, 2.45) is 0 Å². The van der Waals surface area contributed by atoms with Crippen LogP contribution in [-0.2, 0) is 4.74 Å². The van der Waals surface area contributed by atoms with Crippen LogP contribution in [0.5, 0.6) is 0 Å². The van der Waals surface area contributed by atoms with Crippen molar-refractivity contribution in [3.63, 3.8) is 0 Å². The summed E-state index contributed by atoms with van der Waals surface area (Å²) >= 11 is 0. The molecule has 0 N–H and O–H groups in total. The van der Waals surface area contributed by atoms with Gasteiger partial charge in [-0.05, 0) is 12.1 Å². The van der Waals surface area contributed by atoms with Gasteiger partial charge in [0.05, 0.1) is 7.11 Å². The molecule has 0 atom stereocenters. The monoisotopic (exact) mass is 202 g/mol. The van der Waals surface area contributed by atoms with Crippen LogP contribution in [0.2, 0.25) is 0 Å². The van der Waals surface area contributed by atoms with Gasteiger partial charge in [-0.1, -0.05) is 24.8 Å². The number of fused-ring (bicyclic) bond motifs is 1. The molecular weight excluding hydrogens is 192 g/mol. The minimum atomic E-state index is -0.430. The summed E-state index contributed by atoms with van der Waals surface area (Å²) in [5, 5.41) is 0.852. The highest BCUT2D eigenvalue weighted by Gasteiger charge is 2.07. The first-order valence-electron chi connectivity index (χ1n) is 4.48. The van der Waals surface area contributed by atoms with Crippen LogP contribution < -0.4 is 5.63 Å². The normalized spacial score (nSPS) is 10.2. The molecule has 0 amide bonds. The molecule has 3 nitrogen and oxygen atoms in total. The van der Waals surface area contributed by atoms with Crippen molar-refractivity contribution in [1.29, 1.82) is 0 Å². The predicted molar refractivity (Wildman–Crippen MR) is 58.5 cm³/mol. The highest BCUT2D eigenvalue weighted by Crippen LogP contribution is 2.16. The second-order valence-corrected chi connectivity index (χ2v) is 3.11. The number of para-hydroxylation sites is 1. The molecule has 0 bridgehead atoms. The molecule has 0 spiro atoms. The van der Waals surface area contributed by atoms with Crippen LogP contribution in [-0.4, -0.2) is 7.11 Å². The van der Waals surface area contributed by atoms with E-state index in [1.54, 1.807) is 12.1 Å². The van der Waals surface area contributed by atoms with Gasteiger partial charge in [0.1, 0.15) is 16.9 Å². The van der Waals surface area contributed by atoms with Gasteiger partial charge in [-0.2, -0.15) is 0 Å². The van der Waals surface area contributed by atoms with Gasteiger partial charge in [0.25, 0.3) is 0 Å². The zero-order valence-corrected chi connectivity index (χ0v) is 8.32. The van der Waals surface area contributed by atoms with Crippen molar-refractivity contribution in [1.82, 2.24) is 0 Å². The first-order valence-corrected chi connectivity index (χ1v) is 4.48. The Kier molecular flexibility index (Phi) is 2.29. The smallest absolute Gasteiger partial charge is 0.347 e. The molecular formula is C12H10O3. The van der Waals surface area contributed by atoms with Gasteiger partial charge in [-0.15, -0.1) is 0 Å². The molecule has 0 saturated heterocycles. The van der Waals surface area contributed by atoms with Gasteiger partial charge in [0.15, 0.2) is 0 Å². The fourth-order valence-electron chi connectivity index (χ4n) is 1.37. The average Bonchev–Trinajstić information content (AvgIpc) is 2.27. The summed E-state index contributed by atoms with van der Waals surface area (Å²) in [6, 6.07) is 9.02. The van der Waals surface area contributed by atoms with E-state index in [2.05, 4.69) is 6.58 Å². The molecule has 0 radical (unpaired) electrons. The maximum atomic E-state index is 11.5. The molecule has 0 saturated carbocycles. The lowest BCUT2D eigenvalue weighted by Gasteiger charge is -2.03. The van der Waals surface area contributed by atoms with Gasteiger partial charge in [0, 0.05) is 5.39 Å². The maximum absolute atomic E-state index is 11.5. The Balaban J connectivity index is 2.73. The van der Waals surface area contributed by atoms with Gasteiger partial charge in [0.2, 0.25) is 0 Å². The van der Waals surface area contributed by atoms with E-state index >= 15 is 0 Å². The Labute approximate surface area is 86.6 Å². The topological polar surface area (TPSA) is 39.4 Å². The zero-order valence-electron chi connectivity index (χ0n) is 8.32. The zero-order chi connectivity index (χ0) is 10.8. The molecule has 0 fully saturated rings. The molecule has 76 valence electrons. The van der Waals surface area contributed by atoms with E-state index < -0.39 is 5.63 Å². The first-order chi connectivity index (χ1) is 7.22. The summed E-state index contributed by atoms with van der Waals surface area (Å²) in [5.41, 5.74) is 0.493. The Morgan fingerprint density at radius 1 is 1.40 bits per heavy atom. The standard InChI is InChI=1S/C12H10O3/c1-8(14-2)10-7-9-5-3-4-6-11(9)15-12(10)13/h3-7H,1H2,2H3. The number of hydrogen-bond acceptors (Lipinski definition) is 3. The van der Waals surface area contributed by atoms with E-state index in [-0.39, 0.29) is 0 Å². The minimum absolute atomic E-state index is 0.314. The molecule has 1 heterocycles. The van der Waals surface area contributed by atoms with Gasteiger partial charge in [-0.3, -0.25) is 0 Å². The molecule has 2 rings (SSSR count). The lowest BCUT2D eigenvalue weighted by Crippen LogP contribution is -2.06. The van der Waals surface area contributed by atoms with Crippen LogP contribution in [0.1, 0.15) is 5.56 Å². The van der Waals surface area contributed by atoms with Crippen molar-refractivity contribution in [2.75, 3.05) is 7.11 Å². The highest BCUT2D eigenvalue weighted by molar-refractivity contribution is 5.79. The molecule has 0 unspecified atom stereocenters. The summed E-state index contributed by atoms with van der Waals surface area (Å²) in [7, 11) is 1.47. The van der Waals surface area contributed by atoms with E-state index in [4.69, 9.17) is 9.15 Å². The van der Waals surface area contributed by atoms with Crippen molar-refractivity contribution >= 4 is 16.7 Å². The number of methoxy groups -OCH3 is 1. The maximum Gasteiger partial charge on any atom is 0.347 e. The average molecular weight is 202 g/mol. The fourth-order valence-corrected chi connectivity index (χ4v) is 1.37. The van der Waals surface area contributed by atoms with Crippen LogP contribution in [0.3, 0.4) is 0 Å². The van der Waals surface area contributed by atoms with Crippen molar-refractivity contribution < 1.29 is 9.15 Å². The van der Waals surface area contributed by atoms with Gasteiger partial charge in [-0.25, -0.2) is 4.79 Å². The minimum Gasteiger partial charge on any atom is -0.496 e. The molecule has 15 heavy (non-hydrogen) atoms. The number of rotatable bonds is 2. The van der Waals surface area contributed by atoms with Gasteiger partial charge >= 0.3 is 5.63 Å². The number of hydrogen-bond donors (Lipinski definition) is 0. The summed E-state index contributed by atoms with van der Waals surface area (Å²) in [4.78, 5) is 11.5. The van der Waals surface area contributed by atoms with Crippen LogP contribution >= 0.6 is 0 Å². The third-order valence-electron chi connectivity index (χ3n) is 2.19. The molecule has 0 aliphatic heterocycles. The highest BCUT2D eigenvalue weighted by atomic mass is 16.5. The van der Waals surface area contributed by atoms with Crippen molar-refractivity contribution in [3.05, 3.63) is 52.9 Å². The third kappa shape index (κ3) is 1.64. The van der Waals surface area contributed by atoms with Crippen molar-refractivity contribution in [2.45, 2.75) is 0 Å². The summed E-state index contributed by atoms with van der Waals surface area (Å²) in [6.45, 7) is 3.63. The van der Waals surface area contributed by atoms with Crippen LogP contribution in [0, 0.1) is 0 Å². The third-order valence-corrected chi connectivity index (χ3v) is 2.19. The molecule has 0 aliphatic carbocycles. The molecule has 0 aliphatic rings. The second kappa shape index (κ2) is 3.61. The van der Waals surface area contributed by atoms with E-state index in [0.29, 0.717) is 16.9 Å². The molecule has 2 aromatic rings. The summed E-state index contributed by atoms with van der Waals surface area (Å²) in [5.74, 6) is 0.314. The predicted octanol–water partition coefficient (Wildman–Crippen LogP) is 2.41. The van der Waals surface area contributed by atoms with Crippen LogP contribution in [0.25, 0.3) is 16.7 Å². The Morgan fingerprint density at radius 3 is 2.87 bits per heavy atom. The first kappa shape index (κ1) is 9.52. The van der Waals surface area contributed by atoms with Crippen molar-refractivity contribution in [3.8, 4) is 0 Å². The SMILES string of the molecule is C=C(OC)c1cc2ccccc2oc1=O. The Hall–Kier alpha value is -2.03.